The first-order valence-corrected chi connectivity index (χ1v) is 7.71. The average Bonchev–Trinajstić information content (AvgIpc) is 2.79. The summed E-state index contributed by atoms with van der Waals surface area (Å²) in [5.74, 6) is 1.89. The van der Waals surface area contributed by atoms with Gasteiger partial charge >= 0.3 is 0 Å². The summed E-state index contributed by atoms with van der Waals surface area (Å²) in [4.78, 5) is 4.74. The standard InChI is InChI=1S/C16H21ClN2/c1-11-7-9-13(10-8-11)19-15-6-4-3-5-14(15)18-16(19)12(2)17/h3-6,11-13H,7-10H2,1-2H3. The molecule has 1 fully saturated rings. The molecule has 1 aliphatic rings. The van der Waals surface area contributed by atoms with Gasteiger partial charge in [-0.1, -0.05) is 19.1 Å². The molecule has 0 spiro atoms. The lowest BCUT2D eigenvalue weighted by molar-refractivity contribution is 0.289. The predicted octanol–water partition coefficient (Wildman–Crippen LogP) is 5.09. The van der Waals surface area contributed by atoms with E-state index in [0.29, 0.717) is 6.04 Å². The van der Waals surface area contributed by atoms with E-state index in [0.717, 1.165) is 17.3 Å². The normalized spacial score (nSPS) is 25.6. The predicted molar refractivity (Wildman–Crippen MR) is 80.7 cm³/mol. The minimum Gasteiger partial charge on any atom is -0.324 e. The summed E-state index contributed by atoms with van der Waals surface area (Å²) >= 11 is 6.34. The van der Waals surface area contributed by atoms with Crippen molar-refractivity contribution in [2.45, 2.75) is 50.9 Å². The molecule has 0 amide bonds. The lowest BCUT2D eigenvalue weighted by atomic mass is 9.87. The monoisotopic (exact) mass is 276 g/mol. The second-order valence-corrected chi connectivity index (χ2v) is 6.51. The number of hydrogen-bond acceptors (Lipinski definition) is 1. The first-order chi connectivity index (χ1) is 9.16. The average molecular weight is 277 g/mol. The van der Waals surface area contributed by atoms with Crippen LogP contribution in [0.1, 0.15) is 56.8 Å². The Labute approximate surface area is 119 Å². The molecule has 1 unspecified atom stereocenters. The van der Waals surface area contributed by atoms with Crippen LogP contribution in [0.25, 0.3) is 11.0 Å². The molecule has 0 bridgehead atoms. The molecule has 1 saturated carbocycles. The van der Waals surface area contributed by atoms with Crippen LogP contribution >= 0.6 is 11.6 Å². The van der Waals surface area contributed by atoms with Gasteiger partial charge in [0.05, 0.1) is 16.4 Å². The van der Waals surface area contributed by atoms with Gasteiger partial charge in [0.2, 0.25) is 0 Å². The summed E-state index contributed by atoms with van der Waals surface area (Å²) < 4.78 is 2.40. The van der Waals surface area contributed by atoms with Crippen molar-refractivity contribution < 1.29 is 0 Å². The fourth-order valence-electron chi connectivity index (χ4n) is 3.23. The zero-order valence-corrected chi connectivity index (χ0v) is 12.4. The van der Waals surface area contributed by atoms with Gasteiger partial charge in [-0.25, -0.2) is 4.98 Å². The van der Waals surface area contributed by atoms with E-state index in [2.05, 4.69) is 29.7 Å². The smallest absolute Gasteiger partial charge is 0.127 e. The number of alkyl halides is 1. The zero-order chi connectivity index (χ0) is 13.4. The molecule has 0 aliphatic heterocycles. The molecule has 0 N–H and O–H groups in total. The van der Waals surface area contributed by atoms with Crippen LogP contribution in [0.3, 0.4) is 0 Å². The molecule has 1 aliphatic carbocycles. The maximum absolute atomic E-state index is 6.34. The summed E-state index contributed by atoms with van der Waals surface area (Å²) in [6.45, 7) is 4.37. The Balaban J connectivity index is 2.07. The van der Waals surface area contributed by atoms with Crippen LogP contribution in [-0.4, -0.2) is 9.55 Å². The molecule has 1 atom stereocenters. The molecular formula is C16H21ClN2. The van der Waals surface area contributed by atoms with Crippen molar-refractivity contribution in [2.24, 2.45) is 5.92 Å². The van der Waals surface area contributed by atoms with Crippen molar-refractivity contribution >= 4 is 22.6 Å². The fourth-order valence-corrected chi connectivity index (χ4v) is 3.38. The van der Waals surface area contributed by atoms with Crippen molar-refractivity contribution in [3.63, 3.8) is 0 Å². The van der Waals surface area contributed by atoms with Gasteiger partial charge in [-0.15, -0.1) is 11.6 Å². The Kier molecular flexibility index (Phi) is 3.53. The van der Waals surface area contributed by atoms with E-state index < -0.39 is 0 Å². The largest absolute Gasteiger partial charge is 0.324 e. The van der Waals surface area contributed by atoms with E-state index in [1.165, 1.54) is 31.2 Å². The SMILES string of the molecule is CC1CCC(n2c(C(C)Cl)nc3ccccc32)CC1. The molecule has 1 aromatic carbocycles. The fraction of sp³-hybridized carbons (Fsp3) is 0.562. The van der Waals surface area contributed by atoms with Crippen LogP contribution in [0, 0.1) is 5.92 Å². The van der Waals surface area contributed by atoms with E-state index in [1.54, 1.807) is 0 Å². The summed E-state index contributed by atoms with van der Waals surface area (Å²) in [5.41, 5.74) is 2.31. The maximum Gasteiger partial charge on any atom is 0.127 e. The van der Waals surface area contributed by atoms with Crippen molar-refractivity contribution in [2.75, 3.05) is 0 Å². The van der Waals surface area contributed by atoms with E-state index in [9.17, 15) is 0 Å². The molecule has 3 rings (SSSR count). The molecule has 102 valence electrons. The molecule has 2 aromatic rings. The Morgan fingerprint density at radius 1 is 1.21 bits per heavy atom. The first-order valence-electron chi connectivity index (χ1n) is 7.27. The van der Waals surface area contributed by atoms with Gasteiger partial charge < -0.3 is 4.57 Å². The summed E-state index contributed by atoms with van der Waals surface area (Å²) in [5, 5.41) is -0.0354. The van der Waals surface area contributed by atoms with Gasteiger partial charge in [0.25, 0.3) is 0 Å². The van der Waals surface area contributed by atoms with Crippen molar-refractivity contribution in [1.82, 2.24) is 9.55 Å². The van der Waals surface area contributed by atoms with Crippen LogP contribution in [0.5, 0.6) is 0 Å². The molecule has 0 radical (unpaired) electrons. The third-order valence-electron chi connectivity index (χ3n) is 4.33. The first kappa shape index (κ1) is 13.0. The number of halogens is 1. The van der Waals surface area contributed by atoms with Crippen LogP contribution in [0.2, 0.25) is 0 Å². The Morgan fingerprint density at radius 2 is 1.89 bits per heavy atom. The zero-order valence-electron chi connectivity index (χ0n) is 11.6. The topological polar surface area (TPSA) is 17.8 Å². The van der Waals surface area contributed by atoms with Crippen LogP contribution < -0.4 is 0 Å². The Hall–Kier alpha value is -1.02. The molecule has 0 saturated heterocycles. The van der Waals surface area contributed by atoms with E-state index in [1.807, 2.05) is 13.0 Å². The highest BCUT2D eigenvalue weighted by Crippen LogP contribution is 2.37. The number of hydrogen-bond donors (Lipinski definition) is 0. The Bertz CT molecular complexity index is 565. The summed E-state index contributed by atoms with van der Waals surface area (Å²) in [7, 11) is 0. The van der Waals surface area contributed by atoms with Crippen molar-refractivity contribution in [3.05, 3.63) is 30.1 Å². The number of benzene rings is 1. The van der Waals surface area contributed by atoms with Crippen LogP contribution in [-0.2, 0) is 0 Å². The number of nitrogens with zero attached hydrogens (tertiary/aromatic N) is 2. The number of aromatic nitrogens is 2. The van der Waals surface area contributed by atoms with Gasteiger partial charge in [0, 0.05) is 6.04 Å². The van der Waals surface area contributed by atoms with Crippen molar-refractivity contribution in [3.8, 4) is 0 Å². The van der Waals surface area contributed by atoms with Crippen molar-refractivity contribution in [1.29, 1.82) is 0 Å². The second kappa shape index (κ2) is 5.16. The third kappa shape index (κ3) is 2.38. The summed E-state index contributed by atoms with van der Waals surface area (Å²) in [6, 6.07) is 8.96. The second-order valence-electron chi connectivity index (χ2n) is 5.86. The minimum atomic E-state index is -0.0354. The maximum atomic E-state index is 6.34. The highest BCUT2D eigenvalue weighted by Gasteiger charge is 2.25. The van der Waals surface area contributed by atoms with E-state index in [-0.39, 0.29) is 5.38 Å². The quantitative estimate of drug-likeness (QED) is 0.699. The molecule has 2 nitrogen and oxygen atoms in total. The van der Waals surface area contributed by atoms with Crippen LogP contribution in [0.15, 0.2) is 24.3 Å². The number of para-hydroxylation sites is 2. The van der Waals surface area contributed by atoms with Gasteiger partial charge in [0.15, 0.2) is 0 Å². The summed E-state index contributed by atoms with van der Waals surface area (Å²) in [6.07, 6.45) is 5.12. The Morgan fingerprint density at radius 3 is 2.58 bits per heavy atom. The lowest BCUT2D eigenvalue weighted by Gasteiger charge is -2.29. The van der Waals surface area contributed by atoms with E-state index >= 15 is 0 Å². The molecule has 1 heterocycles. The number of fused-ring (bicyclic) bond motifs is 1. The van der Waals surface area contributed by atoms with E-state index in [4.69, 9.17) is 16.6 Å². The molecule has 19 heavy (non-hydrogen) atoms. The molecular weight excluding hydrogens is 256 g/mol. The molecule has 1 aromatic heterocycles. The minimum absolute atomic E-state index is 0.0354. The van der Waals surface area contributed by atoms with Crippen LogP contribution in [0.4, 0.5) is 0 Å². The highest BCUT2D eigenvalue weighted by molar-refractivity contribution is 6.20. The van der Waals surface area contributed by atoms with Gasteiger partial charge in [-0.3, -0.25) is 0 Å². The van der Waals surface area contributed by atoms with Gasteiger partial charge in [-0.05, 0) is 50.7 Å². The lowest BCUT2D eigenvalue weighted by Crippen LogP contribution is -2.18. The van der Waals surface area contributed by atoms with Gasteiger partial charge in [0.1, 0.15) is 5.82 Å². The number of rotatable bonds is 2. The highest BCUT2D eigenvalue weighted by atomic mass is 35.5. The number of imidazole rings is 1. The van der Waals surface area contributed by atoms with Gasteiger partial charge in [-0.2, -0.15) is 0 Å². The third-order valence-corrected chi connectivity index (χ3v) is 4.52. The molecule has 3 heteroatoms.